The minimum atomic E-state index is -4.08. The zero-order valence-electron chi connectivity index (χ0n) is 6.86. The maximum atomic E-state index is 11.6. The first kappa shape index (κ1) is 11.2. The number of nitriles is 1. The van der Waals surface area contributed by atoms with Crippen molar-refractivity contribution in [3.63, 3.8) is 0 Å². The first-order valence-electron chi connectivity index (χ1n) is 3.58. The number of halogens is 3. The lowest BCUT2D eigenvalue weighted by Crippen LogP contribution is -2.21. The quantitative estimate of drug-likeness (QED) is 0.616. The molecule has 70 valence electrons. The number of rotatable bonds is 4. The van der Waals surface area contributed by atoms with Crippen LogP contribution < -0.4 is 0 Å². The van der Waals surface area contributed by atoms with Gasteiger partial charge in [-0.2, -0.15) is 18.4 Å². The molecule has 0 atom stereocenters. The van der Waals surface area contributed by atoms with Crippen LogP contribution in [-0.4, -0.2) is 31.2 Å². The molecule has 0 aliphatic carbocycles. The van der Waals surface area contributed by atoms with Gasteiger partial charge in [-0.3, -0.25) is 4.90 Å². The molecule has 12 heavy (non-hydrogen) atoms. The number of hydrogen-bond donors (Lipinski definition) is 0. The Balaban J connectivity index is 3.38. The first-order chi connectivity index (χ1) is 5.45. The maximum absolute atomic E-state index is 11.6. The molecule has 0 heterocycles. The SMILES string of the molecule is CN(CC#N)CCCC(F)(F)F. The van der Waals surface area contributed by atoms with Crippen LogP contribution in [0.25, 0.3) is 0 Å². The molecule has 5 heteroatoms. The fourth-order valence-corrected chi connectivity index (χ4v) is 0.749. The molecule has 0 aromatic rings. The molecule has 0 aliphatic heterocycles. The Morgan fingerprint density at radius 2 is 2.00 bits per heavy atom. The third kappa shape index (κ3) is 7.35. The van der Waals surface area contributed by atoms with E-state index in [0.29, 0.717) is 6.54 Å². The highest BCUT2D eigenvalue weighted by Gasteiger charge is 2.26. The van der Waals surface area contributed by atoms with Crippen molar-refractivity contribution in [1.29, 1.82) is 5.26 Å². The van der Waals surface area contributed by atoms with Crippen LogP contribution in [-0.2, 0) is 0 Å². The molecule has 0 bridgehead atoms. The third-order valence-electron chi connectivity index (χ3n) is 1.34. The molecule has 0 spiro atoms. The molecule has 0 amide bonds. The normalized spacial score (nSPS) is 11.7. The smallest absolute Gasteiger partial charge is 0.294 e. The fraction of sp³-hybridized carbons (Fsp3) is 0.857. The predicted octanol–water partition coefficient (Wildman–Crippen LogP) is 1.78. The molecule has 0 aromatic carbocycles. The molecule has 0 aromatic heterocycles. The largest absolute Gasteiger partial charge is 0.389 e. The van der Waals surface area contributed by atoms with E-state index in [4.69, 9.17) is 5.26 Å². The van der Waals surface area contributed by atoms with Crippen LogP contribution in [0.3, 0.4) is 0 Å². The van der Waals surface area contributed by atoms with E-state index in [1.165, 1.54) is 0 Å². The fourth-order valence-electron chi connectivity index (χ4n) is 0.749. The summed E-state index contributed by atoms with van der Waals surface area (Å²) >= 11 is 0. The van der Waals surface area contributed by atoms with E-state index in [1.54, 1.807) is 11.9 Å². The van der Waals surface area contributed by atoms with Crippen LogP contribution in [0.15, 0.2) is 0 Å². The summed E-state index contributed by atoms with van der Waals surface area (Å²) in [6.45, 7) is 0.491. The van der Waals surface area contributed by atoms with Gasteiger partial charge in [-0.15, -0.1) is 0 Å². The van der Waals surface area contributed by atoms with E-state index < -0.39 is 12.6 Å². The molecule has 0 aliphatic rings. The van der Waals surface area contributed by atoms with Gasteiger partial charge >= 0.3 is 6.18 Å². The highest BCUT2D eigenvalue weighted by molar-refractivity contribution is 4.74. The number of hydrogen-bond acceptors (Lipinski definition) is 2. The van der Waals surface area contributed by atoms with Crippen LogP contribution in [0.2, 0.25) is 0 Å². The minimum Gasteiger partial charge on any atom is -0.294 e. The molecule has 0 N–H and O–H groups in total. The lowest BCUT2D eigenvalue weighted by atomic mass is 10.3. The monoisotopic (exact) mass is 180 g/mol. The Morgan fingerprint density at radius 3 is 2.42 bits per heavy atom. The molecule has 0 rings (SSSR count). The van der Waals surface area contributed by atoms with Crippen LogP contribution >= 0.6 is 0 Å². The van der Waals surface area contributed by atoms with Gasteiger partial charge in [0.1, 0.15) is 0 Å². The summed E-state index contributed by atoms with van der Waals surface area (Å²) in [6, 6.07) is 1.86. The lowest BCUT2D eigenvalue weighted by molar-refractivity contribution is -0.135. The van der Waals surface area contributed by atoms with Crippen LogP contribution in [0, 0.1) is 11.3 Å². The van der Waals surface area contributed by atoms with E-state index >= 15 is 0 Å². The molecule has 0 saturated heterocycles. The summed E-state index contributed by atoms with van der Waals surface area (Å²) in [5, 5.41) is 8.18. The van der Waals surface area contributed by atoms with Gasteiger partial charge in [0.2, 0.25) is 0 Å². The van der Waals surface area contributed by atoms with Gasteiger partial charge in [-0.05, 0) is 20.0 Å². The summed E-state index contributed by atoms with van der Waals surface area (Å²) in [7, 11) is 1.62. The van der Waals surface area contributed by atoms with Crippen LogP contribution in [0.1, 0.15) is 12.8 Å². The standard InChI is InChI=1S/C7H11F3N2/c1-12(6-4-11)5-2-3-7(8,9)10/h2-3,5-6H2,1H3. The highest BCUT2D eigenvalue weighted by Crippen LogP contribution is 2.21. The Morgan fingerprint density at radius 1 is 1.42 bits per heavy atom. The highest BCUT2D eigenvalue weighted by atomic mass is 19.4. The van der Waals surface area contributed by atoms with Gasteiger partial charge in [0.15, 0.2) is 0 Å². The summed E-state index contributed by atoms with van der Waals surface area (Å²) in [5.41, 5.74) is 0. The average Bonchev–Trinajstić information content (AvgIpc) is 1.84. The minimum absolute atomic E-state index is 0.0572. The van der Waals surface area contributed by atoms with Gasteiger partial charge in [0, 0.05) is 6.42 Å². The Bertz CT molecular complexity index is 159. The van der Waals surface area contributed by atoms with Crippen molar-refractivity contribution < 1.29 is 13.2 Å². The van der Waals surface area contributed by atoms with Crippen molar-refractivity contribution in [3.05, 3.63) is 0 Å². The van der Waals surface area contributed by atoms with Gasteiger partial charge in [0.05, 0.1) is 12.6 Å². The van der Waals surface area contributed by atoms with Crippen molar-refractivity contribution >= 4 is 0 Å². The Labute approximate surface area is 69.6 Å². The number of nitrogens with zero attached hydrogens (tertiary/aromatic N) is 2. The van der Waals surface area contributed by atoms with Gasteiger partial charge in [-0.25, -0.2) is 0 Å². The Kier molecular flexibility index (Phi) is 4.67. The van der Waals surface area contributed by atoms with Crippen molar-refractivity contribution in [2.45, 2.75) is 19.0 Å². The zero-order valence-corrected chi connectivity index (χ0v) is 6.86. The second kappa shape index (κ2) is 4.99. The van der Waals surface area contributed by atoms with E-state index in [-0.39, 0.29) is 13.0 Å². The van der Waals surface area contributed by atoms with Crippen molar-refractivity contribution in [1.82, 2.24) is 4.90 Å². The lowest BCUT2D eigenvalue weighted by Gasteiger charge is -2.12. The molecular weight excluding hydrogens is 169 g/mol. The summed E-state index contributed by atoms with van der Waals surface area (Å²) in [6.07, 6.45) is -4.79. The second-order valence-electron chi connectivity index (χ2n) is 2.61. The zero-order chi connectivity index (χ0) is 9.61. The van der Waals surface area contributed by atoms with Crippen LogP contribution in [0.4, 0.5) is 13.2 Å². The number of alkyl halides is 3. The molecule has 2 nitrogen and oxygen atoms in total. The average molecular weight is 180 g/mol. The van der Waals surface area contributed by atoms with E-state index in [1.807, 2.05) is 6.07 Å². The summed E-state index contributed by atoms with van der Waals surface area (Å²) < 4.78 is 34.8. The molecule has 0 unspecified atom stereocenters. The van der Waals surface area contributed by atoms with E-state index in [2.05, 4.69) is 0 Å². The van der Waals surface area contributed by atoms with Gasteiger partial charge in [-0.1, -0.05) is 0 Å². The van der Waals surface area contributed by atoms with E-state index in [0.717, 1.165) is 0 Å². The predicted molar refractivity (Wildman–Crippen MR) is 38.4 cm³/mol. The molecule has 0 radical (unpaired) electrons. The van der Waals surface area contributed by atoms with Crippen LogP contribution in [0.5, 0.6) is 0 Å². The third-order valence-corrected chi connectivity index (χ3v) is 1.34. The molecular formula is C7H11F3N2. The van der Waals surface area contributed by atoms with Gasteiger partial charge in [0.25, 0.3) is 0 Å². The van der Waals surface area contributed by atoms with Gasteiger partial charge < -0.3 is 0 Å². The van der Waals surface area contributed by atoms with Crippen molar-refractivity contribution in [2.24, 2.45) is 0 Å². The van der Waals surface area contributed by atoms with Crippen molar-refractivity contribution in [2.75, 3.05) is 20.1 Å². The molecule has 0 saturated carbocycles. The molecule has 0 fully saturated rings. The Hall–Kier alpha value is -0.760. The van der Waals surface area contributed by atoms with Crippen molar-refractivity contribution in [3.8, 4) is 6.07 Å². The topological polar surface area (TPSA) is 27.0 Å². The van der Waals surface area contributed by atoms with E-state index in [9.17, 15) is 13.2 Å². The second-order valence-corrected chi connectivity index (χ2v) is 2.61. The summed E-state index contributed by atoms with van der Waals surface area (Å²) in [5.74, 6) is 0. The summed E-state index contributed by atoms with van der Waals surface area (Å²) in [4.78, 5) is 1.56. The maximum Gasteiger partial charge on any atom is 0.389 e. The first-order valence-corrected chi connectivity index (χ1v) is 3.58.